The Morgan fingerprint density at radius 2 is 1.95 bits per heavy atom. The van der Waals surface area contributed by atoms with Crippen LogP contribution in [0.1, 0.15) is 5.56 Å². The van der Waals surface area contributed by atoms with Crippen LogP contribution in [-0.2, 0) is 0 Å². The highest BCUT2D eigenvalue weighted by Crippen LogP contribution is 2.27. The molecule has 0 amide bonds. The van der Waals surface area contributed by atoms with Crippen molar-refractivity contribution in [1.29, 1.82) is 0 Å². The van der Waals surface area contributed by atoms with Gasteiger partial charge in [-0.15, -0.1) is 11.3 Å². The van der Waals surface area contributed by atoms with Gasteiger partial charge >= 0.3 is 0 Å². The van der Waals surface area contributed by atoms with Crippen molar-refractivity contribution < 1.29 is 5.11 Å². The van der Waals surface area contributed by atoms with Crippen molar-refractivity contribution in [3.63, 3.8) is 0 Å². The van der Waals surface area contributed by atoms with Crippen LogP contribution < -0.4 is 0 Å². The summed E-state index contributed by atoms with van der Waals surface area (Å²) in [5, 5.41) is 12.2. The van der Waals surface area contributed by atoms with E-state index < -0.39 is 0 Å². The molecular weight excluding hydrogens is 292 g/mol. The second kappa shape index (κ2) is 5.24. The molecule has 0 radical (unpaired) electrons. The first-order valence-electron chi connectivity index (χ1n) is 6.89. The lowest BCUT2D eigenvalue weighted by molar-refractivity contribution is 0.475. The number of nitrogens with zero attached hydrogens (tertiary/aromatic N) is 2. The molecule has 0 aliphatic carbocycles. The van der Waals surface area contributed by atoms with Crippen LogP contribution in [0.25, 0.3) is 21.0 Å². The minimum absolute atomic E-state index is 0.237. The van der Waals surface area contributed by atoms with E-state index in [4.69, 9.17) is 0 Å². The highest BCUT2D eigenvalue weighted by Gasteiger charge is 2.04. The first-order chi connectivity index (χ1) is 10.8. The molecule has 0 atom stereocenters. The third-order valence-electron chi connectivity index (χ3n) is 3.61. The first-order valence-corrected chi connectivity index (χ1v) is 7.77. The molecule has 0 aliphatic heterocycles. The normalized spacial score (nSPS) is 11.6. The zero-order chi connectivity index (χ0) is 14.9. The summed E-state index contributed by atoms with van der Waals surface area (Å²) in [6.07, 6.45) is 1.72. The lowest BCUT2D eigenvalue weighted by Gasteiger charge is -2.04. The van der Waals surface area contributed by atoms with Gasteiger partial charge in [0.25, 0.3) is 0 Å². The number of benzene rings is 3. The van der Waals surface area contributed by atoms with Gasteiger partial charge in [-0.3, -0.25) is 4.99 Å². The van der Waals surface area contributed by atoms with E-state index in [0.29, 0.717) is 0 Å². The molecule has 0 saturated carbocycles. The molecule has 22 heavy (non-hydrogen) atoms. The van der Waals surface area contributed by atoms with Crippen LogP contribution in [-0.4, -0.2) is 16.3 Å². The molecule has 106 valence electrons. The van der Waals surface area contributed by atoms with Crippen molar-refractivity contribution in [2.45, 2.75) is 0 Å². The third-order valence-corrected chi connectivity index (χ3v) is 4.40. The van der Waals surface area contributed by atoms with Crippen LogP contribution in [0.15, 0.2) is 65.1 Å². The fraction of sp³-hybridized carbons (Fsp3) is 0. The average molecular weight is 304 g/mol. The van der Waals surface area contributed by atoms with Gasteiger partial charge in [0, 0.05) is 11.8 Å². The van der Waals surface area contributed by atoms with Crippen LogP contribution in [0.3, 0.4) is 0 Å². The minimum atomic E-state index is 0.237. The average Bonchev–Trinajstić information content (AvgIpc) is 3.01. The summed E-state index contributed by atoms with van der Waals surface area (Å²) in [6, 6.07) is 17.5. The van der Waals surface area contributed by atoms with Gasteiger partial charge in [-0.05, 0) is 35.0 Å². The molecule has 1 N–H and O–H groups in total. The molecule has 4 rings (SSSR count). The van der Waals surface area contributed by atoms with E-state index in [1.54, 1.807) is 23.6 Å². The Hall–Kier alpha value is -2.72. The van der Waals surface area contributed by atoms with E-state index in [0.717, 1.165) is 32.2 Å². The number of phenolic OH excluding ortho intramolecular Hbond substituents is 1. The summed E-state index contributed by atoms with van der Waals surface area (Å²) in [5.74, 6) is 0.237. The van der Waals surface area contributed by atoms with Crippen LogP contribution in [0.4, 0.5) is 5.69 Å². The first kappa shape index (κ1) is 13.0. The Bertz CT molecular complexity index is 1000. The summed E-state index contributed by atoms with van der Waals surface area (Å²) in [6.45, 7) is 0. The Labute approximate surface area is 131 Å². The molecule has 0 aliphatic rings. The van der Waals surface area contributed by atoms with Gasteiger partial charge in [0.2, 0.25) is 0 Å². The van der Waals surface area contributed by atoms with Crippen LogP contribution in [0.2, 0.25) is 0 Å². The largest absolute Gasteiger partial charge is 0.507 e. The van der Waals surface area contributed by atoms with Crippen LogP contribution in [0.5, 0.6) is 5.75 Å². The zero-order valence-electron chi connectivity index (χ0n) is 11.6. The van der Waals surface area contributed by atoms with Gasteiger partial charge in [-0.1, -0.05) is 30.3 Å². The molecule has 0 unspecified atom stereocenters. The summed E-state index contributed by atoms with van der Waals surface area (Å²) >= 11 is 1.59. The van der Waals surface area contributed by atoms with Gasteiger partial charge in [0.1, 0.15) is 5.75 Å². The summed E-state index contributed by atoms with van der Waals surface area (Å²) in [4.78, 5) is 8.77. The van der Waals surface area contributed by atoms with Crippen molar-refractivity contribution in [2.24, 2.45) is 4.99 Å². The lowest BCUT2D eigenvalue weighted by Crippen LogP contribution is -1.85. The quantitative estimate of drug-likeness (QED) is 0.535. The summed E-state index contributed by atoms with van der Waals surface area (Å²) < 4.78 is 1.11. The maximum Gasteiger partial charge on any atom is 0.124 e. The molecule has 0 spiro atoms. The van der Waals surface area contributed by atoms with E-state index in [9.17, 15) is 5.11 Å². The highest BCUT2D eigenvalue weighted by atomic mass is 32.1. The fourth-order valence-electron chi connectivity index (χ4n) is 2.48. The smallest absolute Gasteiger partial charge is 0.124 e. The van der Waals surface area contributed by atoms with Gasteiger partial charge in [-0.2, -0.15) is 0 Å². The van der Waals surface area contributed by atoms with Crippen LogP contribution >= 0.6 is 11.3 Å². The van der Waals surface area contributed by atoms with Crippen molar-refractivity contribution in [3.8, 4) is 5.75 Å². The van der Waals surface area contributed by atoms with Crippen LogP contribution in [0, 0.1) is 0 Å². The Kier molecular flexibility index (Phi) is 3.09. The van der Waals surface area contributed by atoms with Gasteiger partial charge in [-0.25, -0.2) is 4.98 Å². The maximum absolute atomic E-state index is 10.1. The second-order valence-corrected chi connectivity index (χ2v) is 5.87. The topological polar surface area (TPSA) is 45.5 Å². The molecule has 0 bridgehead atoms. The molecule has 1 aromatic heterocycles. The molecule has 4 heteroatoms. The number of aromatic nitrogens is 1. The van der Waals surface area contributed by atoms with Crippen molar-refractivity contribution in [1.82, 2.24) is 4.98 Å². The predicted octanol–water partition coefficient (Wildman–Crippen LogP) is 4.91. The highest BCUT2D eigenvalue weighted by molar-refractivity contribution is 7.16. The number of hydrogen-bond acceptors (Lipinski definition) is 4. The summed E-state index contributed by atoms with van der Waals surface area (Å²) in [5.41, 5.74) is 4.40. The molecule has 1 heterocycles. The molecule has 4 aromatic rings. The predicted molar refractivity (Wildman–Crippen MR) is 92.5 cm³/mol. The van der Waals surface area contributed by atoms with Gasteiger partial charge < -0.3 is 5.11 Å². The van der Waals surface area contributed by atoms with Crippen molar-refractivity contribution in [3.05, 3.63) is 65.7 Å². The number of thiazole rings is 1. The molecular formula is C18H12N2OS. The molecule has 0 saturated heterocycles. The van der Waals surface area contributed by atoms with E-state index >= 15 is 0 Å². The number of aliphatic imine (C=N–C) groups is 1. The lowest BCUT2D eigenvalue weighted by atomic mass is 10.0. The number of rotatable bonds is 2. The molecule has 3 nitrogen and oxygen atoms in total. The Morgan fingerprint density at radius 3 is 2.91 bits per heavy atom. The number of hydrogen-bond donors (Lipinski definition) is 1. The van der Waals surface area contributed by atoms with E-state index in [2.05, 4.69) is 9.98 Å². The fourth-order valence-corrected chi connectivity index (χ4v) is 3.19. The monoisotopic (exact) mass is 304 g/mol. The number of phenols is 1. The van der Waals surface area contributed by atoms with E-state index in [-0.39, 0.29) is 5.75 Å². The number of fused-ring (bicyclic) bond motifs is 2. The Balaban J connectivity index is 1.80. The Morgan fingerprint density at radius 1 is 1.05 bits per heavy atom. The summed E-state index contributed by atoms with van der Waals surface area (Å²) in [7, 11) is 0. The maximum atomic E-state index is 10.1. The van der Waals surface area contributed by atoms with E-state index in [1.165, 1.54) is 0 Å². The van der Waals surface area contributed by atoms with E-state index in [1.807, 2.05) is 54.0 Å². The minimum Gasteiger partial charge on any atom is -0.507 e. The standard InChI is InChI=1S/C18H12N2OS/c21-17-8-5-12-3-1-2-4-14(12)15(17)10-19-13-6-7-16-18(9-13)22-11-20-16/h1-11,21H. The third kappa shape index (κ3) is 2.23. The van der Waals surface area contributed by atoms with Gasteiger partial charge in [0.15, 0.2) is 0 Å². The zero-order valence-corrected chi connectivity index (χ0v) is 12.4. The SMILES string of the molecule is Oc1ccc2ccccc2c1C=Nc1ccc2ncsc2c1. The second-order valence-electron chi connectivity index (χ2n) is 4.98. The van der Waals surface area contributed by atoms with Crippen molar-refractivity contribution >= 4 is 44.2 Å². The molecule has 0 fully saturated rings. The van der Waals surface area contributed by atoms with Gasteiger partial charge in [0.05, 0.1) is 21.4 Å². The molecule has 3 aromatic carbocycles. The van der Waals surface area contributed by atoms with Crippen molar-refractivity contribution in [2.75, 3.05) is 0 Å². The number of aromatic hydroxyl groups is 1.